The third-order valence-electron chi connectivity index (χ3n) is 2.92. The van der Waals surface area contributed by atoms with Crippen LogP contribution in [-0.2, 0) is 6.42 Å². The fourth-order valence-electron chi connectivity index (χ4n) is 1.82. The summed E-state index contributed by atoms with van der Waals surface area (Å²) in [4.78, 5) is 1.23. The highest BCUT2D eigenvalue weighted by Crippen LogP contribution is 2.23. The molecule has 0 aromatic heterocycles. The number of rotatable bonds is 6. The van der Waals surface area contributed by atoms with Crippen LogP contribution in [0.15, 0.2) is 57.9 Å². The van der Waals surface area contributed by atoms with Crippen molar-refractivity contribution < 1.29 is 0 Å². The van der Waals surface area contributed by atoms with Crippen molar-refractivity contribution in [3.63, 3.8) is 0 Å². The van der Waals surface area contributed by atoms with Crippen LogP contribution in [-0.4, -0.2) is 11.8 Å². The van der Waals surface area contributed by atoms with E-state index in [9.17, 15) is 0 Å². The lowest BCUT2D eigenvalue weighted by Crippen LogP contribution is -2.38. The van der Waals surface area contributed by atoms with Crippen molar-refractivity contribution >= 4 is 39.3 Å². The molecule has 0 aliphatic heterocycles. The molecule has 0 fully saturated rings. The van der Waals surface area contributed by atoms with Gasteiger partial charge in [-0.2, -0.15) is 0 Å². The lowest BCUT2D eigenvalue weighted by atomic mass is 10.1. The summed E-state index contributed by atoms with van der Waals surface area (Å²) in [5.41, 5.74) is 3.99. The van der Waals surface area contributed by atoms with Gasteiger partial charge in [0.15, 0.2) is 0 Å². The van der Waals surface area contributed by atoms with Gasteiger partial charge in [-0.15, -0.1) is 11.8 Å². The van der Waals surface area contributed by atoms with Crippen LogP contribution < -0.4 is 11.3 Å². The molecule has 0 saturated carbocycles. The second-order valence-electron chi connectivity index (χ2n) is 4.42. The molecule has 106 valence electrons. The molecule has 5 heteroatoms. The number of halogens is 2. The van der Waals surface area contributed by atoms with E-state index in [1.807, 2.05) is 36.4 Å². The van der Waals surface area contributed by atoms with Gasteiger partial charge in [0.05, 0.1) is 0 Å². The minimum absolute atomic E-state index is 0.184. The van der Waals surface area contributed by atoms with Crippen LogP contribution in [0.25, 0.3) is 0 Å². The van der Waals surface area contributed by atoms with Gasteiger partial charge in [0, 0.05) is 26.2 Å². The molecule has 0 amide bonds. The maximum Gasteiger partial charge on any atom is 0.0438 e. The SMILES string of the molecule is NNC(CSc1ccc(Br)cc1)Cc1ccccc1Cl. The van der Waals surface area contributed by atoms with Crippen LogP contribution in [0.4, 0.5) is 0 Å². The Kier molecular flexibility index (Phi) is 6.39. The van der Waals surface area contributed by atoms with E-state index < -0.39 is 0 Å². The van der Waals surface area contributed by atoms with E-state index in [0.29, 0.717) is 0 Å². The van der Waals surface area contributed by atoms with Crippen molar-refractivity contribution in [1.82, 2.24) is 5.43 Å². The van der Waals surface area contributed by atoms with Crippen molar-refractivity contribution in [3.05, 3.63) is 63.6 Å². The number of thioether (sulfide) groups is 1. The van der Waals surface area contributed by atoms with Gasteiger partial charge in [0.25, 0.3) is 0 Å². The number of nitrogens with one attached hydrogen (secondary N) is 1. The maximum absolute atomic E-state index is 6.18. The largest absolute Gasteiger partial charge is 0.271 e. The molecule has 0 spiro atoms. The van der Waals surface area contributed by atoms with Crippen LogP contribution in [0, 0.1) is 0 Å². The van der Waals surface area contributed by atoms with Crippen LogP contribution >= 0.6 is 39.3 Å². The molecule has 0 aliphatic carbocycles. The number of nitrogens with two attached hydrogens (primary N) is 1. The Balaban J connectivity index is 1.92. The second kappa shape index (κ2) is 8.05. The average Bonchev–Trinajstić information content (AvgIpc) is 2.47. The highest BCUT2D eigenvalue weighted by molar-refractivity contribution is 9.10. The minimum atomic E-state index is 0.184. The summed E-state index contributed by atoms with van der Waals surface area (Å²) < 4.78 is 1.09. The standard InChI is InChI=1S/C15H16BrClN2S/c16-12-5-7-14(8-6-12)20-10-13(19-18)9-11-3-1-2-4-15(11)17/h1-8,13,19H,9-10,18H2. The smallest absolute Gasteiger partial charge is 0.0438 e. The molecule has 2 aromatic rings. The number of hydrogen-bond donors (Lipinski definition) is 2. The first kappa shape index (κ1) is 15.9. The molecule has 0 bridgehead atoms. The number of benzene rings is 2. The molecule has 0 aliphatic rings. The van der Waals surface area contributed by atoms with Crippen molar-refractivity contribution in [1.29, 1.82) is 0 Å². The molecule has 3 N–H and O–H groups in total. The zero-order valence-corrected chi connectivity index (χ0v) is 14.0. The summed E-state index contributed by atoms with van der Waals surface area (Å²) >= 11 is 11.4. The van der Waals surface area contributed by atoms with E-state index >= 15 is 0 Å². The van der Waals surface area contributed by atoms with E-state index in [2.05, 4.69) is 33.5 Å². The van der Waals surface area contributed by atoms with Crippen molar-refractivity contribution in [2.75, 3.05) is 5.75 Å². The zero-order valence-electron chi connectivity index (χ0n) is 10.9. The highest BCUT2D eigenvalue weighted by Gasteiger charge is 2.10. The van der Waals surface area contributed by atoms with Gasteiger partial charge in [0.2, 0.25) is 0 Å². The van der Waals surface area contributed by atoms with Crippen LogP contribution in [0.1, 0.15) is 5.56 Å². The summed E-state index contributed by atoms with van der Waals surface area (Å²) in [5, 5.41) is 0.793. The predicted octanol–water partition coefficient (Wildman–Crippen LogP) is 4.27. The molecule has 2 rings (SSSR count). The molecular weight excluding hydrogens is 356 g/mol. The fourth-order valence-corrected chi connectivity index (χ4v) is 3.24. The van der Waals surface area contributed by atoms with Crippen molar-refractivity contribution in [2.24, 2.45) is 5.84 Å². The van der Waals surface area contributed by atoms with Gasteiger partial charge in [-0.3, -0.25) is 11.3 Å². The Morgan fingerprint density at radius 2 is 1.85 bits per heavy atom. The van der Waals surface area contributed by atoms with E-state index in [-0.39, 0.29) is 6.04 Å². The molecule has 2 aromatic carbocycles. The van der Waals surface area contributed by atoms with Crippen LogP contribution in [0.2, 0.25) is 5.02 Å². The molecule has 0 saturated heterocycles. The predicted molar refractivity (Wildman–Crippen MR) is 91.1 cm³/mol. The molecule has 20 heavy (non-hydrogen) atoms. The van der Waals surface area contributed by atoms with Gasteiger partial charge < -0.3 is 0 Å². The van der Waals surface area contributed by atoms with E-state index in [0.717, 1.165) is 27.2 Å². The molecule has 0 radical (unpaired) electrons. The fraction of sp³-hybridized carbons (Fsp3) is 0.200. The first-order chi connectivity index (χ1) is 9.69. The van der Waals surface area contributed by atoms with Gasteiger partial charge in [-0.05, 0) is 42.3 Å². The van der Waals surface area contributed by atoms with Crippen LogP contribution in [0.5, 0.6) is 0 Å². The summed E-state index contributed by atoms with van der Waals surface area (Å²) in [6.45, 7) is 0. The molecular formula is C15H16BrClN2S. The summed E-state index contributed by atoms with van der Waals surface area (Å²) in [6.07, 6.45) is 0.819. The third-order valence-corrected chi connectivity index (χ3v) is 5.00. The Labute approximate surface area is 137 Å². The van der Waals surface area contributed by atoms with Crippen LogP contribution in [0.3, 0.4) is 0 Å². The van der Waals surface area contributed by atoms with Gasteiger partial charge in [-0.1, -0.05) is 45.7 Å². The molecule has 2 nitrogen and oxygen atoms in total. The first-order valence-electron chi connectivity index (χ1n) is 6.27. The monoisotopic (exact) mass is 370 g/mol. The topological polar surface area (TPSA) is 38.0 Å². The second-order valence-corrected chi connectivity index (χ2v) is 6.84. The lowest BCUT2D eigenvalue weighted by Gasteiger charge is -2.16. The Morgan fingerprint density at radius 1 is 1.15 bits per heavy atom. The summed E-state index contributed by atoms with van der Waals surface area (Å²) in [5.74, 6) is 6.54. The zero-order chi connectivity index (χ0) is 14.4. The van der Waals surface area contributed by atoms with Gasteiger partial charge in [-0.25, -0.2) is 0 Å². The lowest BCUT2D eigenvalue weighted by molar-refractivity contribution is 0.575. The van der Waals surface area contributed by atoms with E-state index in [1.165, 1.54) is 4.90 Å². The number of hydrazine groups is 1. The normalized spacial score (nSPS) is 12.3. The Hall–Kier alpha value is -0.520. The quantitative estimate of drug-likeness (QED) is 0.452. The summed E-state index contributed by atoms with van der Waals surface area (Å²) in [6, 6.07) is 16.3. The van der Waals surface area contributed by atoms with Crippen molar-refractivity contribution in [3.8, 4) is 0 Å². The van der Waals surface area contributed by atoms with E-state index in [4.69, 9.17) is 17.4 Å². The Morgan fingerprint density at radius 3 is 2.50 bits per heavy atom. The first-order valence-corrected chi connectivity index (χ1v) is 8.42. The minimum Gasteiger partial charge on any atom is -0.271 e. The maximum atomic E-state index is 6.18. The molecule has 1 atom stereocenters. The number of hydrogen-bond acceptors (Lipinski definition) is 3. The highest BCUT2D eigenvalue weighted by atomic mass is 79.9. The van der Waals surface area contributed by atoms with Gasteiger partial charge >= 0.3 is 0 Å². The van der Waals surface area contributed by atoms with Crippen molar-refractivity contribution in [2.45, 2.75) is 17.4 Å². The molecule has 0 heterocycles. The average molecular weight is 372 g/mol. The van der Waals surface area contributed by atoms with Gasteiger partial charge in [0.1, 0.15) is 0 Å². The third kappa shape index (κ3) is 4.79. The molecule has 1 unspecified atom stereocenters. The van der Waals surface area contributed by atoms with E-state index in [1.54, 1.807) is 11.8 Å². The summed E-state index contributed by atoms with van der Waals surface area (Å²) in [7, 11) is 0. The Bertz CT molecular complexity index is 548.